The van der Waals surface area contributed by atoms with Gasteiger partial charge >= 0.3 is 0 Å². The maximum atomic E-state index is 13.6. The van der Waals surface area contributed by atoms with E-state index in [9.17, 15) is 9.18 Å². The topological polar surface area (TPSA) is 51.3 Å². The highest BCUT2D eigenvalue weighted by Gasteiger charge is 2.15. The molecule has 2 aromatic heterocycles. The van der Waals surface area contributed by atoms with E-state index in [0.717, 1.165) is 5.65 Å². The zero-order valence-corrected chi connectivity index (χ0v) is 11.7. The predicted octanol–water partition coefficient (Wildman–Crippen LogP) is 2.36. The van der Waals surface area contributed by atoms with Crippen molar-refractivity contribution in [1.29, 1.82) is 0 Å². The highest BCUT2D eigenvalue weighted by molar-refractivity contribution is 6.33. The molecule has 0 unspecified atom stereocenters. The van der Waals surface area contributed by atoms with Crippen molar-refractivity contribution in [2.45, 2.75) is 6.54 Å². The standard InChI is InChI=1S/C14H12ClFN4O/c15-10-2-1-3-11(16)13(10)14(21)17-6-7-19-8-9-20-12(19)4-5-18-20/h1-5,8-9H,6-7H2,(H,17,21). The molecule has 0 radical (unpaired) electrons. The minimum absolute atomic E-state index is 0.103. The van der Waals surface area contributed by atoms with E-state index in [0.29, 0.717) is 13.1 Å². The molecule has 5 nitrogen and oxygen atoms in total. The predicted molar refractivity (Wildman–Crippen MR) is 76.9 cm³/mol. The maximum Gasteiger partial charge on any atom is 0.255 e. The van der Waals surface area contributed by atoms with Gasteiger partial charge in [-0.1, -0.05) is 17.7 Å². The molecule has 0 aliphatic heterocycles. The average molecular weight is 307 g/mol. The Balaban J connectivity index is 1.65. The Morgan fingerprint density at radius 3 is 3.00 bits per heavy atom. The Kier molecular flexibility index (Phi) is 3.62. The van der Waals surface area contributed by atoms with Gasteiger partial charge in [0.05, 0.1) is 16.8 Å². The summed E-state index contributed by atoms with van der Waals surface area (Å²) in [6.07, 6.45) is 5.39. The Bertz CT molecular complexity index is 775. The summed E-state index contributed by atoms with van der Waals surface area (Å²) in [5.74, 6) is -1.14. The summed E-state index contributed by atoms with van der Waals surface area (Å²) in [5, 5.41) is 6.86. The van der Waals surface area contributed by atoms with Crippen molar-refractivity contribution < 1.29 is 9.18 Å². The van der Waals surface area contributed by atoms with Crippen LogP contribution < -0.4 is 5.32 Å². The number of benzene rings is 1. The highest BCUT2D eigenvalue weighted by Crippen LogP contribution is 2.18. The number of rotatable bonds is 4. The Morgan fingerprint density at radius 2 is 2.19 bits per heavy atom. The molecule has 7 heteroatoms. The van der Waals surface area contributed by atoms with Crippen LogP contribution in [0.2, 0.25) is 5.02 Å². The fourth-order valence-electron chi connectivity index (χ4n) is 2.15. The molecular weight excluding hydrogens is 295 g/mol. The molecule has 21 heavy (non-hydrogen) atoms. The van der Waals surface area contributed by atoms with Gasteiger partial charge in [-0.05, 0) is 12.1 Å². The number of carbonyl (C=O) groups is 1. The van der Waals surface area contributed by atoms with Crippen molar-refractivity contribution in [2.75, 3.05) is 6.54 Å². The number of imidazole rings is 1. The van der Waals surface area contributed by atoms with Crippen molar-refractivity contribution in [3.8, 4) is 0 Å². The molecule has 3 rings (SSSR count). The molecule has 0 aliphatic carbocycles. The highest BCUT2D eigenvalue weighted by atomic mass is 35.5. The van der Waals surface area contributed by atoms with E-state index in [1.165, 1.54) is 18.2 Å². The van der Waals surface area contributed by atoms with Crippen LogP contribution in [0.3, 0.4) is 0 Å². The second-order valence-electron chi connectivity index (χ2n) is 4.48. The second-order valence-corrected chi connectivity index (χ2v) is 4.89. The second kappa shape index (κ2) is 5.57. The van der Waals surface area contributed by atoms with E-state index in [1.54, 1.807) is 10.7 Å². The number of aromatic nitrogens is 3. The monoisotopic (exact) mass is 306 g/mol. The number of amides is 1. The van der Waals surface area contributed by atoms with E-state index in [1.807, 2.05) is 23.0 Å². The van der Waals surface area contributed by atoms with Crippen LogP contribution in [0.4, 0.5) is 4.39 Å². The lowest BCUT2D eigenvalue weighted by molar-refractivity contribution is 0.0948. The zero-order chi connectivity index (χ0) is 14.8. The number of carbonyl (C=O) groups excluding carboxylic acids is 1. The van der Waals surface area contributed by atoms with Gasteiger partial charge < -0.3 is 9.88 Å². The summed E-state index contributed by atoms with van der Waals surface area (Å²) in [6, 6.07) is 6.03. The lowest BCUT2D eigenvalue weighted by atomic mass is 10.2. The van der Waals surface area contributed by atoms with Crippen LogP contribution in [-0.4, -0.2) is 26.6 Å². The van der Waals surface area contributed by atoms with Gasteiger partial charge in [0.25, 0.3) is 5.91 Å². The molecule has 2 heterocycles. The molecule has 0 saturated carbocycles. The fourth-order valence-corrected chi connectivity index (χ4v) is 2.40. The normalized spacial score (nSPS) is 11.0. The van der Waals surface area contributed by atoms with Crippen LogP contribution >= 0.6 is 11.6 Å². The Labute approximate surface area is 124 Å². The molecule has 0 aliphatic rings. The summed E-state index contributed by atoms with van der Waals surface area (Å²) in [5.41, 5.74) is 0.800. The molecule has 108 valence electrons. The quantitative estimate of drug-likeness (QED) is 0.804. The smallest absolute Gasteiger partial charge is 0.255 e. The lowest BCUT2D eigenvalue weighted by Gasteiger charge is -2.08. The number of nitrogens with one attached hydrogen (secondary N) is 1. The van der Waals surface area contributed by atoms with Crippen LogP contribution in [0.1, 0.15) is 10.4 Å². The first-order valence-corrected chi connectivity index (χ1v) is 6.75. The average Bonchev–Trinajstić information content (AvgIpc) is 3.03. The van der Waals surface area contributed by atoms with E-state index >= 15 is 0 Å². The van der Waals surface area contributed by atoms with Crippen LogP contribution in [-0.2, 0) is 6.54 Å². The van der Waals surface area contributed by atoms with Crippen molar-refractivity contribution in [1.82, 2.24) is 19.5 Å². The van der Waals surface area contributed by atoms with Gasteiger partial charge in [-0.15, -0.1) is 0 Å². The molecule has 0 saturated heterocycles. The first kappa shape index (κ1) is 13.6. The van der Waals surface area contributed by atoms with Crippen molar-refractivity contribution in [3.05, 3.63) is 59.3 Å². The first-order chi connectivity index (χ1) is 10.2. The minimum Gasteiger partial charge on any atom is -0.350 e. The maximum absolute atomic E-state index is 13.6. The Morgan fingerprint density at radius 1 is 1.33 bits per heavy atom. The molecule has 0 bridgehead atoms. The number of hydrogen-bond acceptors (Lipinski definition) is 2. The summed E-state index contributed by atoms with van der Waals surface area (Å²) < 4.78 is 17.3. The Hall–Kier alpha value is -2.34. The third-order valence-corrected chi connectivity index (χ3v) is 3.47. The van der Waals surface area contributed by atoms with Gasteiger partial charge in [-0.25, -0.2) is 8.91 Å². The molecule has 1 aromatic carbocycles. The summed E-state index contributed by atoms with van der Waals surface area (Å²) in [6.45, 7) is 0.916. The first-order valence-electron chi connectivity index (χ1n) is 6.37. The molecule has 0 spiro atoms. The minimum atomic E-state index is -0.626. The van der Waals surface area contributed by atoms with E-state index in [-0.39, 0.29) is 10.6 Å². The molecule has 1 amide bonds. The third-order valence-electron chi connectivity index (χ3n) is 3.16. The van der Waals surface area contributed by atoms with Crippen molar-refractivity contribution in [3.63, 3.8) is 0 Å². The van der Waals surface area contributed by atoms with E-state index in [4.69, 9.17) is 11.6 Å². The fraction of sp³-hybridized carbons (Fsp3) is 0.143. The molecule has 0 atom stereocenters. The van der Waals surface area contributed by atoms with Crippen molar-refractivity contribution in [2.24, 2.45) is 0 Å². The van der Waals surface area contributed by atoms with E-state index in [2.05, 4.69) is 10.4 Å². The summed E-state index contributed by atoms with van der Waals surface area (Å²) in [4.78, 5) is 12.0. The van der Waals surface area contributed by atoms with Crippen LogP contribution in [0, 0.1) is 5.82 Å². The van der Waals surface area contributed by atoms with Crippen LogP contribution in [0.5, 0.6) is 0 Å². The lowest BCUT2D eigenvalue weighted by Crippen LogP contribution is -2.28. The third kappa shape index (κ3) is 2.62. The van der Waals surface area contributed by atoms with E-state index < -0.39 is 11.7 Å². The largest absolute Gasteiger partial charge is 0.350 e. The summed E-state index contributed by atoms with van der Waals surface area (Å²) in [7, 11) is 0. The molecule has 0 fully saturated rings. The molecular formula is C14H12ClFN4O. The van der Waals surface area contributed by atoms with Gasteiger partial charge in [0.15, 0.2) is 0 Å². The number of fused-ring (bicyclic) bond motifs is 1. The van der Waals surface area contributed by atoms with Crippen molar-refractivity contribution >= 4 is 23.2 Å². The zero-order valence-electron chi connectivity index (χ0n) is 11.0. The van der Waals surface area contributed by atoms with Crippen LogP contribution in [0.25, 0.3) is 5.65 Å². The van der Waals surface area contributed by atoms with Crippen LogP contribution in [0.15, 0.2) is 42.9 Å². The van der Waals surface area contributed by atoms with Gasteiger partial charge in [-0.3, -0.25) is 4.79 Å². The molecule has 3 aromatic rings. The van der Waals surface area contributed by atoms with Gasteiger partial charge in [-0.2, -0.15) is 5.10 Å². The number of nitrogens with zero attached hydrogens (tertiary/aromatic N) is 3. The van der Waals surface area contributed by atoms with Gasteiger partial charge in [0.2, 0.25) is 0 Å². The molecule has 1 N–H and O–H groups in total. The van der Waals surface area contributed by atoms with Gasteiger partial charge in [0, 0.05) is 31.5 Å². The summed E-state index contributed by atoms with van der Waals surface area (Å²) >= 11 is 5.85. The number of hydrogen-bond donors (Lipinski definition) is 1. The van der Waals surface area contributed by atoms with Gasteiger partial charge in [0.1, 0.15) is 11.5 Å². The SMILES string of the molecule is O=C(NCCn1ccn2nccc12)c1c(F)cccc1Cl. The number of halogens is 2.